The van der Waals surface area contributed by atoms with Crippen LogP contribution >= 0.6 is 11.3 Å². The number of nitrogens with zero attached hydrogens (tertiary/aromatic N) is 2. The number of ether oxygens (including phenoxy) is 1. The first kappa shape index (κ1) is 9.63. The van der Waals surface area contributed by atoms with Gasteiger partial charge in [-0.25, -0.2) is 4.98 Å². The van der Waals surface area contributed by atoms with Gasteiger partial charge in [-0.2, -0.15) is 5.26 Å². The molecule has 1 saturated heterocycles. The summed E-state index contributed by atoms with van der Waals surface area (Å²) in [6.45, 7) is 3.27. The fourth-order valence-electron chi connectivity index (χ4n) is 1.69. The van der Waals surface area contributed by atoms with Gasteiger partial charge in [-0.3, -0.25) is 0 Å². The molecule has 1 aliphatic rings. The Labute approximate surface area is 87.3 Å². The van der Waals surface area contributed by atoms with Crippen molar-refractivity contribution in [2.45, 2.75) is 19.8 Å². The quantitative estimate of drug-likeness (QED) is 0.746. The molecule has 0 amide bonds. The molecule has 0 aromatic carbocycles. The molecule has 0 saturated carbocycles. The zero-order chi connectivity index (χ0) is 10.0. The first-order valence-corrected chi connectivity index (χ1v) is 5.46. The van der Waals surface area contributed by atoms with E-state index in [1.165, 1.54) is 4.88 Å². The summed E-state index contributed by atoms with van der Waals surface area (Å²) < 4.78 is 5.29. The van der Waals surface area contributed by atoms with E-state index in [2.05, 4.69) is 11.1 Å². The summed E-state index contributed by atoms with van der Waals surface area (Å²) in [4.78, 5) is 5.38. The van der Waals surface area contributed by atoms with Gasteiger partial charge in [0.1, 0.15) is 0 Å². The van der Waals surface area contributed by atoms with Gasteiger partial charge in [0, 0.05) is 24.1 Å². The van der Waals surface area contributed by atoms with E-state index < -0.39 is 0 Å². The maximum absolute atomic E-state index is 9.14. The van der Waals surface area contributed by atoms with Crippen molar-refractivity contribution in [1.82, 2.24) is 4.98 Å². The largest absolute Gasteiger partial charge is 0.380 e. The van der Waals surface area contributed by atoms with Crippen molar-refractivity contribution < 1.29 is 4.74 Å². The van der Waals surface area contributed by atoms with Crippen LogP contribution in [0.1, 0.15) is 16.3 Å². The van der Waals surface area contributed by atoms with Gasteiger partial charge in [-0.15, -0.1) is 11.3 Å². The van der Waals surface area contributed by atoms with E-state index in [1.54, 1.807) is 11.3 Å². The highest BCUT2D eigenvalue weighted by atomic mass is 32.1. The monoisotopic (exact) mass is 208 g/mol. The summed E-state index contributed by atoms with van der Waals surface area (Å²) >= 11 is 1.67. The fourth-order valence-corrected chi connectivity index (χ4v) is 2.63. The van der Waals surface area contributed by atoms with Crippen LogP contribution in [0.2, 0.25) is 0 Å². The topological polar surface area (TPSA) is 45.9 Å². The molecule has 14 heavy (non-hydrogen) atoms. The first-order chi connectivity index (χ1) is 6.74. The summed E-state index contributed by atoms with van der Waals surface area (Å²) in [6.07, 6.45) is 3.51. The van der Waals surface area contributed by atoms with Crippen molar-refractivity contribution in [3.05, 3.63) is 16.1 Å². The molecular weight excluding hydrogens is 196 g/mol. The second-order valence-corrected chi connectivity index (χ2v) is 5.04. The first-order valence-electron chi connectivity index (χ1n) is 4.64. The zero-order valence-corrected chi connectivity index (χ0v) is 8.93. The molecule has 1 unspecified atom stereocenters. The van der Waals surface area contributed by atoms with Gasteiger partial charge in [0.2, 0.25) is 0 Å². The second kappa shape index (κ2) is 3.68. The van der Waals surface area contributed by atoms with E-state index in [1.807, 2.05) is 13.1 Å². The van der Waals surface area contributed by atoms with Gasteiger partial charge in [-0.1, -0.05) is 0 Å². The van der Waals surface area contributed by atoms with Crippen molar-refractivity contribution in [3.63, 3.8) is 0 Å². The summed E-state index contributed by atoms with van der Waals surface area (Å²) in [6, 6.07) is 2.39. The average Bonchev–Trinajstić information content (AvgIpc) is 2.77. The fraction of sp³-hybridized carbons (Fsp3) is 0.600. The highest BCUT2D eigenvalue weighted by Gasteiger charge is 2.35. The van der Waals surface area contributed by atoms with Crippen LogP contribution in [0, 0.1) is 23.7 Å². The Bertz CT molecular complexity index is 360. The Morgan fingerprint density at radius 1 is 1.79 bits per heavy atom. The molecule has 0 N–H and O–H groups in total. The van der Waals surface area contributed by atoms with Crippen molar-refractivity contribution in [2.24, 2.45) is 5.41 Å². The number of aryl methyl sites for hydroxylation is 1. The number of hydrogen-bond donors (Lipinski definition) is 0. The maximum Gasteiger partial charge on any atom is 0.0896 e. The summed E-state index contributed by atoms with van der Waals surface area (Å²) in [5, 5.41) is 10.2. The molecule has 1 atom stereocenters. The van der Waals surface area contributed by atoms with Crippen LogP contribution < -0.4 is 0 Å². The van der Waals surface area contributed by atoms with E-state index in [0.717, 1.165) is 17.8 Å². The number of nitriles is 1. The van der Waals surface area contributed by atoms with Crippen molar-refractivity contribution in [2.75, 3.05) is 13.2 Å². The SMILES string of the molecule is Cc1ncc(CC2(C#N)CCOC2)s1. The lowest BCUT2D eigenvalue weighted by Crippen LogP contribution is -2.21. The lowest BCUT2D eigenvalue weighted by molar-refractivity contribution is 0.172. The molecule has 0 spiro atoms. The molecule has 1 aliphatic heterocycles. The molecule has 3 nitrogen and oxygen atoms in total. The van der Waals surface area contributed by atoms with E-state index in [4.69, 9.17) is 10.00 Å². The Morgan fingerprint density at radius 2 is 2.64 bits per heavy atom. The van der Waals surface area contributed by atoms with Gasteiger partial charge in [0.15, 0.2) is 0 Å². The second-order valence-electron chi connectivity index (χ2n) is 3.72. The van der Waals surface area contributed by atoms with Gasteiger partial charge in [0.25, 0.3) is 0 Å². The third-order valence-corrected chi connectivity index (χ3v) is 3.43. The van der Waals surface area contributed by atoms with Crippen LogP contribution in [0.3, 0.4) is 0 Å². The van der Waals surface area contributed by atoms with Crippen molar-refractivity contribution >= 4 is 11.3 Å². The normalized spacial score (nSPS) is 26.3. The summed E-state index contributed by atoms with van der Waals surface area (Å²) in [5.41, 5.74) is -0.293. The summed E-state index contributed by atoms with van der Waals surface area (Å²) in [5.74, 6) is 0. The van der Waals surface area contributed by atoms with Gasteiger partial charge in [0.05, 0.1) is 23.1 Å². The van der Waals surface area contributed by atoms with Crippen LogP contribution in [0.25, 0.3) is 0 Å². The number of thiazole rings is 1. The van der Waals surface area contributed by atoms with Crippen molar-refractivity contribution in [1.29, 1.82) is 5.26 Å². The number of hydrogen-bond acceptors (Lipinski definition) is 4. The lowest BCUT2D eigenvalue weighted by atomic mass is 9.85. The average molecular weight is 208 g/mol. The molecule has 0 radical (unpaired) electrons. The minimum absolute atomic E-state index is 0.293. The minimum atomic E-state index is -0.293. The standard InChI is InChI=1S/C10H12N2OS/c1-8-12-5-9(14-8)4-10(6-11)2-3-13-7-10/h5H,2-4,7H2,1H3. The Morgan fingerprint density at radius 3 is 3.14 bits per heavy atom. The predicted octanol–water partition coefficient (Wildman–Crippen LogP) is 1.92. The predicted molar refractivity (Wildman–Crippen MR) is 54.0 cm³/mol. The molecule has 2 rings (SSSR count). The van der Waals surface area contributed by atoms with E-state index >= 15 is 0 Å². The molecule has 4 heteroatoms. The molecule has 1 aromatic rings. The molecule has 74 valence electrons. The Balaban J connectivity index is 2.13. The zero-order valence-electron chi connectivity index (χ0n) is 8.12. The van der Waals surface area contributed by atoms with Gasteiger partial charge < -0.3 is 4.74 Å². The number of aromatic nitrogens is 1. The smallest absolute Gasteiger partial charge is 0.0896 e. The molecule has 0 bridgehead atoms. The van der Waals surface area contributed by atoms with Gasteiger partial charge >= 0.3 is 0 Å². The third-order valence-electron chi connectivity index (χ3n) is 2.52. The Kier molecular flexibility index (Phi) is 2.53. The van der Waals surface area contributed by atoms with Crippen LogP contribution in [0.4, 0.5) is 0 Å². The molecule has 1 aromatic heterocycles. The van der Waals surface area contributed by atoms with Crippen LogP contribution in [-0.4, -0.2) is 18.2 Å². The summed E-state index contributed by atoms with van der Waals surface area (Å²) in [7, 11) is 0. The maximum atomic E-state index is 9.14. The highest BCUT2D eigenvalue weighted by Crippen LogP contribution is 2.33. The van der Waals surface area contributed by atoms with Gasteiger partial charge in [-0.05, 0) is 13.3 Å². The van der Waals surface area contributed by atoms with E-state index in [0.29, 0.717) is 13.2 Å². The molecule has 1 fully saturated rings. The third kappa shape index (κ3) is 1.79. The lowest BCUT2D eigenvalue weighted by Gasteiger charge is -2.16. The van der Waals surface area contributed by atoms with Crippen LogP contribution in [0.15, 0.2) is 6.20 Å². The number of rotatable bonds is 2. The van der Waals surface area contributed by atoms with Crippen LogP contribution in [-0.2, 0) is 11.2 Å². The molecule has 0 aliphatic carbocycles. The molecular formula is C10H12N2OS. The van der Waals surface area contributed by atoms with Crippen LogP contribution in [0.5, 0.6) is 0 Å². The van der Waals surface area contributed by atoms with E-state index in [-0.39, 0.29) is 5.41 Å². The Hall–Kier alpha value is -0.920. The van der Waals surface area contributed by atoms with E-state index in [9.17, 15) is 0 Å². The van der Waals surface area contributed by atoms with Crippen molar-refractivity contribution in [3.8, 4) is 6.07 Å². The highest BCUT2D eigenvalue weighted by molar-refractivity contribution is 7.11. The molecule has 2 heterocycles. The minimum Gasteiger partial charge on any atom is -0.380 e.